The number of benzene rings is 1. The van der Waals surface area contributed by atoms with E-state index in [4.69, 9.17) is 5.26 Å². The van der Waals surface area contributed by atoms with Crippen molar-refractivity contribution >= 4 is 15.9 Å². The van der Waals surface area contributed by atoms with Gasteiger partial charge in [0.05, 0.1) is 11.6 Å². The molecule has 0 fully saturated rings. The minimum absolute atomic E-state index is 0.210. The average Bonchev–Trinajstić information content (AvgIpc) is 2.16. The fraction of sp³-hybridized carbons (Fsp3) is 0.222. The molecule has 0 saturated heterocycles. The van der Waals surface area contributed by atoms with Crippen LogP contribution in [0.4, 0.5) is 17.6 Å². The Morgan fingerprint density at radius 2 is 1.62 bits per heavy atom. The summed E-state index contributed by atoms with van der Waals surface area (Å²) < 4.78 is 53.9. The van der Waals surface area contributed by atoms with E-state index in [0.717, 1.165) is 12.1 Å². The van der Waals surface area contributed by atoms with Crippen molar-refractivity contribution in [2.24, 2.45) is 0 Å². The van der Waals surface area contributed by atoms with Gasteiger partial charge in [-0.2, -0.15) is 22.8 Å². The maximum absolute atomic E-state index is 12.7. The number of nitriles is 1. The van der Waals surface area contributed by atoms with E-state index in [0.29, 0.717) is 0 Å². The molecular formula is C9H4BrF4NO. The van der Waals surface area contributed by atoms with Crippen molar-refractivity contribution in [3.8, 4) is 11.8 Å². The Hall–Kier alpha value is -1.29. The van der Waals surface area contributed by atoms with Crippen LogP contribution in [0.15, 0.2) is 24.3 Å². The lowest BCUT2D eigenvalue weighted by Gasteiger charge is -2.21. The highest BCUT2D eigenvalue weighted by molar-refractivity contribution is 9.10. The Balaban J connectivity index is 2.85. The molecule has 0 aliphatic carbocycles. The molecule has 7 heteroatoms. The third-order valence-corrected chi connectivity index (χ3v) is 2.02. The van der Waals surface area contributed by atoms with Crippen molar-refractivity contribution in [2.45, 2.75) is 10.9 Å². The summed E-state index contributed by atoms with van der Waals surface area (Å²) in [4.78, 5) is -4.46. The average molecular weight is 298 g/mol. The summed E-state index contributed by atoms with van der Waals surface area (Å²) in [5.74, 6) is -0.455. The van der Waals surface area contributed by atoms with Crippen LogP contribution in [0, 0.1) is 11.3 Å². The summed E-state index contributed by atoms with van der Waals surface area (Å²) in [5, 5.41) is 8.42. The molecule has 16 heavy (non-hydrogen) atoms. The van der Waals surface area contributed by atoms with Gasteiger partial charge in [-0.25, -0.2) is 0 Å². The molecule has 1 aromatic rings. The lowest BCUT2D eigenvalue weighted by atomic mass is 10.2. The third-order valence-electron chi connectivity index (χ3n) is 1.56. The maximum Gasteiger partial charge on any atom is 0.475 e. The molecule has 86 valence electrons. The van der Waals surface area contributed by atoms with E-state index in [2.05, 4.69) is 4.74 Å². The third kappa shape index (κ3) is 2.85. The van der Waals surface area contributed by atoms with Gasteiger partial charge in [-0.3, -0.25) is 0 Å². The minimum Gasteiger partial charge on any atom is -0.427 e. The van der Waals surface area contributed by atoms with E-state index in [1.54, 1.807) is 6.07 Å². The van der Waals surface area contributed by atoms with Gasteiger partial charge in [-0.1, -0.05) is 0 Å². The molecule has 1 aromatic carbocycles. The second kappa shape index (κ2) is 4.29. The van der Waals surface area contributed by atoms with E-state index in [1.165, 1.54) is 28.1 Å². The highest BCUT2D eigenvalue weighted by atomic mass is 79.9. The zero-order valence-corrected chi connectivity index (χ0v) is 9.14. The van der Waals surface area contributed by atoms with Crippen LogP contribution in [-0.4, -0.2) is 10.9 Å². The Bertz CT molecular complexity index is 407. The summed E-state index contributed by atoms with van der Waals surface area (Å²) in [7, 11) is 0. The number of nitrogens with zero attached hydrogens (tertiary/aromatic N) is 1. The van der Waals surface area contributed by atoms with Crippen LogP contribution < -0.4 is 4.74 Å². The zero-order valence-electron chi connectivity index (χ0n) is 7.55. The normalized spacial score (nSPS) is 12.0. The lowest BCUT2D eigenvalue weighted by Crippen LogP contribution is -2.40. The quantitative estimate of drug-likeness (QED) is 0.632. The van der Waals surface area contributed by atoms with E-state index >= 15 is 0 Å². The number of hydrogen-bond donors (Lipinski definition) is 0. The van der Waals surface area contributed by atoms with Crippen molar-refractivity contribution in [3.63, 3.8) is 0 Å². The van der Waals surface area contributed by atoms with Gasteiger partial charge in [-0.15, -0.1) is 0 Å². The Labute approximate surface area is 96.6 Å². The summed E-state index contributed by atoms with van der Waals surface area (Å²) in [6, 6.07) is 6.11. The molecule has 2 nitrogen and oxygen atoms in total. The number of ether oxygens (including phenoxy) is 1. The first kappa shape index (κ1) is 12.8. The molecule has 0 heterocycles. The van der Waals surface area contributed by atoms with E-state index in [-0.39, 0.29) is 5.56 Å². The number of halogens is 5. The molecule has 0 unspecified atom stereocenters. The standard InChI is InChI=1S/C9H4BrF4NO/c10-8(11,12)9(13,14)16-7-3-1-6(5-15)2-4-7/h1-4H. The van der Waals surface area contributed by atoms with Crippen molar-refractivity contribution in [3.05, 3.63) is 29.8 Å². The largest absolute Gasteiger partial charge is 0.475 e. The fourth-order valence-corrected chi connectivity index (χ4v) is 0.884. The summed E-state index contributed by atoms with van der Waals surface area (Å²) in [6.07, 6.45) is -4.67. The van der Waals surface area contributed by atoms with Crippen LogP contribution in [0.25, 0.3) is 0 Å². The first-order valence-corrected chi connectivity index (χ1v) is 4.69. The van der Waals surface area contributed by atoms with Crippen molar-refractivity contribution < 1.29 is 22.3 Å². The fourth-order valence-electron chi connectivity index (χ4n) is 0.803. The molecule has 0 bridgehead atoms. The van der Waals surface area contributed by atoms with E-state index in [1.807, 2.05) is 0 Å². The van der Waals surface area contributed by atoms with Crippen LogP contribution in [0.2, 0.25) is 0 Å². The molecular weight excluding hydrogens is 294 g/mol. The molecule has 0 radical (unpaired) electrons. The van der Waals surface area contributed by atoms with Crippen LogP contribution >= 0.6 is 15.9 Å². The Kier molecular flexibility index (Phi) is 3.43. The summed E-state index contributed by atoms with van der Waals surface area (Å²) in [6.45, 7) is 0. The minimum atomic E-state index is -4.67. The van der Waals surface area contributed by atoms with Gasteiger partial charge in [-0.05, 0) is 24.3 Å². The van der Waals surface area contributed by atoms with Crippen LogP contribution in [0.3, 0.4) is 0 Å². The second-order valence-corrected chi connectivity index (χ2v) is 3.75. The number of hydrogen-bond acceptors (Lipinski definition) is 2. The second-order valence-electron chi connectivity index (χ2n) is 2.75. The first-order valence-electron chi connectivity index (χ1n) is 3.90. The van der Waals surface area contributed by atoms with Crippen LogP contribution in [0.1, 0.15) is 5.56 Å². The number of alkyl halides is 5. The van der Waals surface area contributed by atoms with Gasteiger partial charge >= 0.3 is 10.9 Å². The van der Waals surface area contributed by atoms with Gasteiger partial charge < -0.3 is 4.74 Å². The predicted molar refractivity (Wildman–Crippen MR) is 50.6 cm³/mol. The van der Waals surface area contributed by atoms with Crippen molar-refractivity contribution in [1.82, 2.24) is 0 Å². The molecule has 0 atom stereocenters. The SMILES string of the molecule is N#Cc1ccc(OC(F)(F)C(F)(F)Br)cc1. The molecule has 1 rings (SSSR count). The molecule has 0 aromatic heterocycles. The van der Waals surface area contributed by atoms with Gasteiger partial charge in [0, 0.05) is 15.9 Å². The first-order chi connectivity index (χ1) is 7.26. The molecule has 0 aliphatic heterocycles. The number of rotatable bonds is 3. The molecule has 0 saturated carbocycles. The molecule has 0 amide bonds. The maximum atomic E-state index is 12.7. The summed E-state index contributed by atoms with van der Waals surface area (Å²) in [5.41, 5.74) is 0.210. The van der Waals surface area contributed by atoms with Crippen molar-refractivity contribution in [2.75, 3.05) is 0 Å². The predicted octanol–water partition coefficient (Wildman–Crippen LogP) is 3.52. The monoisotopic (exact) mass is 297 g/mol. The van der Waals surface area contributed by atoms with Gasteiger partial charge in [0.2, 0.25) is 0 Å². The van der Waals surface area contributed by atoms with Crippen LogP contribution in [-0.2, 0) is 0 Å². The van der Waals surface area contributed by atoms with Crippen molar-refractivity contribution in [1.29, 1.82) is 5.26 Å². The Morgan fingerprint density at radius 1 is 1.12 bits per heavy atom. The van der Waals surface area contributed by atoms with E-state index in [9.17, 15) is 17.6 Å². The molecule has 0 N–H and O–H groups in total. The van der Waals surface area contributed by atoms with Crippen LogP contribution in [0.5, 0.6) is 5.75 Å². The summed E-state index contributed by atoms with van der Waals surface area (Å²) >= 11 is 1.53. The highest BCUT2D eigenvalue weighted by Gasteiger charge is 2.57. The highest BCUT2D eigenvalue weighted by Crippen LogP contribution is 2.40. The van der Waals surface area contributed by atoms with Gasteiger partial charge in [0.15, 0.2) is 0 Å². The Morgan fingerprint density at radius 3 is 2.00 bits per heavy atom. The van der Waals surface area contributed by atoms with E-state index < -0.39 is 16.7 Å². The van der Waals surface area contributed by atoms with Gasteiger partial charge in [0.25, 0.3) is 0 Å². The zero-order chi connectivity index (χ0) is 12.4. The smallest absolute Gasteiger partial charge is 0.427 e. The lowest BCUT2D eigenvalue weighted by molar-refractivity contribution is -0.266. The molecule has 0 spiro atoms. The molecule has 0 aliphatic rings. The van der Waals surface area contributed by atoms with Gasteiger partial charge in [0.1, 0.15) is 5.75 Å². The topological polar surface area (TPSA) is 33.0 Å².